The average molecular weight is 567 g/mol. The van der Waals surface area contributed by atoms with Crippen LogP contribution in [-0.2, 0) is 22.6 Å². The van der Waals surface area contributed by atoms with Crippen molar-refractivity contribution in [3.05, 3.63) is 94.8 Å². The minimum atomic E-state index is -0.334. The molecule has 0 bridgehead atoms. The molecule has 0 unspecified atom stereocenters. The highest BCUT2D eigenvalue weighted by Crippen LogP contribution is 2.29. The van der Waals surface area contributed by atoms with E-state index in [4.69, 9.17) is 5.73 Å². The smallest absolute Gasteiger partial charge is 0.255 e. The monoisotopic (exact) mass is 566 g/mol. The summed E-state index contributed by atoms with van der Waals surface area (Å²) in [4.78, 5) is 49.2. The van der Waals surface area contributed by atoms with E-state index in [1.807, 2.05) is 55.2 Å². The van der Waals surface area contributed by atoms with E-state index in [9.17, 15) is 14.4 Å². The first-order valence-corrected chi connectivity index (χ1v) is 14.4. The largest absolute Gasteiger partial charge is 0.387 e. The summed E-state index contributed by atoms with van der Waals surface area (Å²) < 4.78 is 0. The van der Waals surface area contributed by atoms with Gasteiger partial charge in [0.15, 0.2) is 0 Å². The summed E-state index contributed by atoms with van der Waals surface area (Å²) in [6, 6.07) is 16.8. The van der Waals surface area contributed by atoms with Crippen LogP contribution in [0.25, 0.3) is 6.08 Å². The molecular formula is C33H38N6O3. The number of nitrogens with zero attached hydrogens (tertiary/aromatic N) is 3. The molecule has 0 atom stereocenters. The van der Waals surface area contributed by atoms with Crippen molar-refractivity contribution < 1.29 is 14.4 Å². The predicted octanol–water partition coefficient (Wildman–Crippen LogP) is 5.01. The molecule has 9 nitrogen and oxygen atoms in total. The van der Waals surface area contributed by atoms with E-state index < -0.39 is 0 Å². The summed E-state index contributed by atoms with van der Waals surface area (Å²) in [6.45, 7) is 5.77. The maximum absolute atomic E-state index is 13.2. The van der Waals surface area contributed by atoms with Gasteiger partial charge in [0.25, 0.3) is 5.91 Å². The topological polar surface area (TPSA) is 130 Å². The molecule has 1 aromatic heterocycles. The van der Waals surface area contributed by atoms with E-state index in [2.05, 4.69) is 20.6 Å². The molecule has 42 heavy (non-hydrogen) atoms. The number of aryl methyl sites for hydroxylation is 1. The van der Waals surface area contributed by atoms with Gasteiger partial charge in [0, 0.05) is 55.4 Å². The number of anilines is 1. The minimum absolute atomic E-state index is 0.0358. The SMILES string of the molecule is CCCN(CCC)C(=O)C1=Cc2ccc(C(=O)Nc3cncc(CNC(=O)CCc4ccccc4)c3)cc2N=C(N)C1. The number of aromatic nitrogens is 1. The van der Waals surface area contributed by atoms with Crippen molar-refractivity contribution in [1.29, 1.82) is 0 Å². The van der Waals surface area contributed by atoms with Crippen LogP contribution in [0.3, 0.4) is 0 Å². The van der Waals surface area contributed by atoms with Gasteiger partial charge in [-0.2, -0.15) is 0 Å². The van der Waals surface area contributed by atoms with Gasteiger partial charge in [-0.3, -0.25) is 19.4 Å². The maximum Gasteiger partial charge on any atom is 0.255 e. The molecule has 0 fully saturated rings. The molecule has 3 amide bonds. The standard InChI is InChI=1S/C33H38N6O3/c1-3-14-39(15-4-2)33(42)27-17-25-11-12-26(18-29(25)38-30(34)19-27)32(41)37-28-16-24(20-35-22-28)21-36-31(40)13-10-23-8-6-5-7-9-23/h5-9,11-12,16-18,20,22H,3-4,10,13-15,19,21H2,1-2H3,(H2,34,38)(H,36,40)(H,37,41). The Morgan fingerprint density at radius 3 is 2.45 bits per heavy atom. The zero-order chi connectivity index (χ0) is 29.9. The quantitative estimate of drug-likeness (QED) is 0.284. The number of nitrogens with one attached hydrogen (secondary N) is 2. The van der Waals surface area contributed by atoms with Gasteiger partial charge in [-0.25, -0.2) is 4.99 Å². The van der Waals surface area contributed by atoms with Crippen molar-refractivity contribution in [3.8, 4) is 0 Å². The molecule has 3 aromatic rings. The van der Waals surface area contributed by atoms with E-state index in [1.54, 1.807) is 36.7 Å². The molecule has 1 aliphatic rings. The first-order chi connectivity index (χ1) is 20.4. The van der Waals surface area contributed by atoms with Crippen LogP contribution in [0, 0.1) is 0 Å². The summed E-state index contributed by atoms with van der Waals surface area (Å²) in [5.74, 6) is -0.104. The molecule has 0 aliphatic carbocycles. The number of hydrogen-bond donors (Lipinski definition) is 3. The molecule has 218 valence electrons. The first kappa shape index (κ1) is 30.2. The zero-order valence-corrected chi connectivity index (χ0v) is 24.2. The second-order valence-corrected chi connectivity index (χ2v) is 10.3. The summed E-state index contributed by atoms with van der Waals surface area (Å²) in [6.07, 6.45) is 8.08. The third-order valence-corrected chi connectivity index (χ3v) is 6.83. The van der Waals surface area contributed by atoms with E-state index >= 15 is 0 Å². The molecule has 0 spiro atoms. The van der Waals surface area contributed by atoms with Crippen molar-refractivity contribution in [2.75, 3.05) is 18.4 Å². The Hall–Kier alpha value is -4.79. The highest BCUT2D eigenvalue weighted by molar-refractivity contribution is 6.07. The number of rotatable bonds is 12. The van der Waals surface area contributed by atoms with Crippen LogP contribution in [-0.4, -0.2) is 46.5 Å². The van der Waals surface area contributed by atoms with Crippen molar-refractivity contribution in [2.24, 2.45) is 10.7 Å². The number of amidine groups is 1. The van der Waals surface area contributed by atoms with Crippen LogP contribution < -0.4 is 16.4 Å². The summed E-state index contributed by atoms with van der Waals surface area (Å²) in [7, 11) is 0. The number of nitrogens with two attached hydrogens (primary N) is 1. The van der Waals surface area contributed by atoms with Crippen LogP contribution in [0.15, 0.2) is 77.6 Å². The number of aliphatic imine (C=N–C) groups is 1. The van der Waals surface area contributed by atoms with Crippen molar-refractivity contribution in [1.82, 2.24) is 15.2 Å². The van der Waals surface area contributed by atoms with Gasteiger partial charge in [-0.15, -0.1) is 0 Å². The molecule has 0 saturated heterocycles. The fourth-order valence-corrected chi connectivity index (χ4v) is 4.77. The van der Waals surface area contributed by atoms with Gasteiger partial charge in [-0.1, -0.05) is 50.2 Å². The van der Waals surface area contributed by atoms with Crippen molar-refractivity contribution in [3.63, 3.8) is 0 Å². The van der Waals surface area contributed by atoms with E-state index in [0.29, 0.717) is 60.8 Å². The van der Waals surface area contributed by atoms with Crippen LogP contribution in [0.1, 0.15) is 66.6 Å². The molecule has 9 heteroatoms. The Morgan fingerprint density at radius 1 is 0.952 bits per heavy atom. The molecule has 0 radical (unpaired) electrons. The van der Waals surface area contributed by atoms with E-state index in [-0.39, 0.29) is 24.1 Å². The Balaban J connectivity index is 1.40. The molecular weight excluding hydrogens is 528 g/mol. The third-order valence-electron chi connectivity index (χ3n) is 6.83. The second kappa shape index (κ2) is 14.7. The third kappa shape index (κ3) is 8.36. The van der Waals surface area contributed by atoms with Gasteiger partial charge in [0.2, 0.25) is 11.8 Å². The van der Waals surface area contributed by atoms with Crippen LogP contribution >= 0.6 is 0 Å². The number of fused-ring (bicyclic) bond motifs is 1. The molecule has 2 heterocycles. The number of benzene rings is 2. The van der Waals surface area contributed by atoms with Gasteiger partial charge in [0.1, 0.15) is 5.84 Å². The van der Waals surface area contributed by atoms with Crippen LogP contribution in [0.5, 0.6) is 0 Å². The highest BCUT2D eigenvalue weighted by atomic mass is 16.2. The fraction of sp³-hybridized carbons (Fsp3) is 0.303. The Kier molecular flexibility index (Phi) is 10.6. The first-order valence-electron chi connectivity index (χ1n) is 14.4. The Labute approximate surface area is 246 Å². The lowest BCUT2D eigenvalue weighted by Gasteiger charge is -2.22. The lowest BCUT2D eigenvalue weighted by atomic mass is 10.0. The Morgan fingerprint density at radius 2 is 1.71 bits per heavy atom. The lowest BCUT2D eigenvalue weighted by molar-refractivity contribution is -0.127. The van der Waals surface area contributed by atoms with Gasteiger partial charge in [-0.05, 0) is 54.7 Å². The summed E-state index contributed by atoms with van der Waals surface area (Å²) in [5, 5.41) is 5.77. The predicted molar refractivity (Wildman–Crippen MR) is 166 cm³/mol. The summed E-state index contributed by atoms with van der Waals surface area (Å²) >= 11 is 0. The molecule has 4 N–H and O–H groups in total. The normalized spacial score (nSPS) is 12.3. The van der Waals surface area contributed by atoms with E-state index in [1.165, 1.54) is 0 Å². The molecule has 1 aliphatic heterocycles. The highest BCUT2D eigenvalue weighted by Gasteiger charge is 2.21. The molecule has 2 aromatic carbocycles. The number of carbonyl (C=O) groups excluding carboxylic acids is 3. The zero-order valence-electron chi connectivity index (χ0n) is 24.2. The maximum atomic E-state index is 13.2. The lowest BCUT2D eigenvalue weighted by Crippen LogP contribution is -2.34. The number of amides is 3. The minimum Gasteiger partial charge on any atom is -0.387 e. The summed E-state index contributed by atoms with van der Waals surface area (Å²) in [5.41, 5.74) is 10.8. The number of pyridine rings is 1. The van der Waals surface area contributed by atoms with Gasteiger partial charge >= 0.3 is 0 Å². The fourth-order valence-electron chi connectivity index (χ4n) is 4.77. The van der Waals surface area contributed by atoms with Gasteiger partial charge < -0.3 is 21.3 Å². The van der Waals surface area contributed by atoms with Crippen molar-refractivity contribution in [2.45, 2.75) is 52.5 Å². The Bertz CT molecular complexity index is 1480. The number of carbonyl (C=O) groups is 3. The van der Waals surface area contributed by atoms with E-state index in [0.717, 1.165) is 29.5 Å². The van der Waals surface area contributed by atoms with Crippen molar-refractivity contribution >= 4 is 41.0 Å². The number of hydrogen-bond acceptors (Lipinski definition) is 6. The molecule has 4 rings (SSSR count). The van der Waals surface area contributed by atoms with Crippen LogP contribution in [0.4, 0.5) is 11.4 Å². The van der Waals surface area contributed by atoms with Crippen LogP contribution in [0.2, 0.25) is 0 Å². The second-order valence-electron chi connectivity index (χ2n) is 10.3. The molecule has 0 saturated carbocycles. The average Bonchev–Trinajstić information content (AvgIpc) is 3.16. The van der Waals surface area contributed by atoms with Gasteiger partial charge in [0.05, 0.1) is 17.6 Å².